The van der Waals surface area contributed by atoms with Gasteiger partial charge in [-0.25, -0.2) is 8.42 Å². The molecule has 0 atom stereocenters. The monoisotopic (exact) mass is 347 g/mol. The Kier molecular flexibility index (Phi) is 3.98. The quantitative estimate of drug-likeness (QED) is 0.873. The Morgan fingerprint density at radius 3 is 2.37 bits per heavy atom. The molecule has 5 nitrogen and oxygen atoms in total. The summed E-state index contributed by atoms with van der Waals surface area (Å²) in [6.07, 6.45) is 2.08. The van der Waals surface area contributed by atoms with Gasteiger partial charge in [0.2, 0.25) is 10.0 Å². The van der Waals surface area contributed by atoms with Gasteiger partial charge in [0, 0.05) is 4.47 Å². The van der Waals surface area contributed by atoms with Crippen molar-refractivity contribution in [1.82, 2.24) is 4.72 Å². The Labute approximate surface area is 120 Å². The highest BCUT2D eigenvalue weighted by Crippen LogP contribution is 2.32. The first-order valence-electron chi connectivity index (χ1n) is 5.89. The number of nitrogens with one attached hydrogen (secondary N) is 1. The van der Waals surface area contributed by atoms with Crippen LogP contribution in [0.3, 0.4) is 0 Å². The van der Waals surface area contributed by atoms with Gasteiger partial charge in [0.15, 0.2) is 0 Å². The SMILES string of the molecule is O=C(O)C1(NS(=O)(=O)c2ccccc2Br)CCCC1. The summed E-state index contributed by atoms with van der Waals surface area (Å²) in [5.74, 6) is -1.11. The molecule has 0 unspecified atom stereocenters. The van der Waals surface area contributed by atoms with Crippen LogP contribution in [0.4, 0.5) is 0 Å². The third-order valence-corrected chi connectivity index (χ3v) is 5.87. The first-order chi connectivity index (χ1) is 8.87. The van der Waals surface area contributed by atoms with E-state index in [1.807, 2.05) is 0 Å². The second-order valence-electron chi connectivity index (χ2n) is 4.63. The third kappa shape index (κ3) is 2.82. The maximum atomic E-state index is 12.3. The molecule has 1 aromatic rings. The van der Waals surface area contributed by atoms with E-state index in [0.29, 0.717) is 30.2 Å². The van der Waals surface area contributed by atoms with Gasteiger partial charge in [-0.2, -0.15) is 4.72 Å². The first kappa shape index (κ1) is 14.5. The van der Waals surface area contributed by atoms with Crippen molar-refractivity contribution in [3.8, 4) is 0 Å². The molecular formula is C12H14BrNO4S. The van der Waals surface area contributed by atoms with E-state index in [4.69, 9.17) is 0 Å². The molecule has 7 heteroatoms. The molecule has 1 saturated carbocycles. The molecule has 0 radical (unpaired) electrons. The number of carboxylic acid groups (broad SMARTS) is 1. The fourth-order valence-electron chi connectivity index (χ4n) is 2.31. The molecule has 0 bridgehead atoms. The summed E-state index contributed by atoms with van der Waals surface area (Å²) in [5.41, 5.74) is -1.37. The van der Waals surface area contributed by atoms with Gasteiger partial charge in [0.1, 0.15) is 5.54 Å². The average molecular weight is 348 g/mol. The van der Waals surface area contributed by atoms with Crippen LogP contribution in [-0.2, 0) is 14.8 Å². The summed E-state index contributed by atoms with van der Waals surface area (Å²) in [6.45, 7) is 0. The van der Waals surface area contributed by atoms with Gasteiger partial charge in [-0.15, -0.1) is 0 Å². The van der Waals surface area contributed by atoms with Crippen molar-refractivity contribution in [1.29, 1.82) is 0 Å². The molecule has 0 aliphatic heterocycles. The molecule has 1 aliphatic carbocycles. The minimum atomic E-state index is -3.86. The number of hydrogen-bond acceptors (Lipinski definition) is 3. The van der Waals surface area contributed by atoms with Crippen LogP contribution in [0.1, 0.15) is 25.7 Å². The number of benzene rings is 1. The molecule has 0 spiro atoms. The van der Waals surface area contributed by atoms with Gasteiger partial charge in [-0.1, -0.05) is 25.0 Å². The lowest BCUT2D eigenvalue weighted by Gasteiger charge is -2.25. The molecule has 0 saturated heterocycles. The molecule has 0 heterocycles. The van der Waals surface area contributed by atoms with E-state index in [1.165, 1.54) is 6.07 Å². The molecule has 19 heavy (non-hydrogen) atoms. The Hall–Kier alpha value is -0.920. The van der Waals surface area contributed by atoms with Gasteiger partial charge < -0.3 is 5.11 Å². The zero-order valence-corrected chi connectivity index (χ0v) is 12.5. The average Bonchev–Trinajstić information content (AvgIpc) is 2.78. The van der Waals surface area contributed by atoms with E-state index >= 15 is 0 Å². The van der Waals surface area contributed by atoms with Crippen LogP contribution >= 0.6 is 15.9 Å². The number of sulfonamides is 1. The Morgan fingerprint density at radius 1 is 1.26 bits per heavy atom. The van der Waals surface area contributed by atoms with Crippen molar-refractivity contribution < 1.29 is 18.3 Å². The predicted octanol–water partition coefficient (Wildman–Crippen LogP) is 2.12. The van der Waals surface area contributed by atoms with Crippen molar-refractivity contribution >= 4 is 31.9 Å². The molecule has 0 amide bonds. The van der Waals surface area contributed by atoms with Gasteiger partial charge in [0.25, 0.3) is 0 Å². The zero-order valence-electron chi connectivity index (χ0n) is 10.1. The third-order valence-electron chi connectivity index (χ3n) is 3.32. The maximum absolute atomic E-state index is 12.3. The number of rotatable bonds is 4. The fourth-order valence-corrected chi connectivity index (χ4v) is 4.74. The van der Waals surface area contributed by atoms with E-state index in [9.17, 15) is 18.3 Å². The molecule has 1 aliphatic rings. The van der Waals surface area contributed by atoms with Crippen LogP contribution in [0.25, 0.3) is 0 Å². The van der Waals surface area contributed by atoms with Crippen molar-refractivity contribution in [3.05, 3.63) is 28.7 Å². The van der Waals surface area contributed by atoms with Crippen molar-refractivity contribution in [3.63, 3.8) is 0 Å². The van der Waals surface area contributed by atoms with E-state index in [1.54, 1.807) is 18.2 Å². The van der Waals surface area contributed by atoms with Crippen molar-refractivity contribution in [2.45, 2.75) is 36.1 Å². The fraction of sp³-hybridized carbons (Fsp3) is 0.417. The number of carboxylic acids is 1. The lowest BCUT2D eigenvalue weighted by atomic mass is 10.0. The Morgan fingerprint density at radius 2 is 1.84 bits per heavy atom. The lowest BCUT2D eigenvalue weighted by molar-refractivity contribution is -0.143. The zero-order chi connectivity index (χ0) is 14.1. The van der Waals surface area contributed by atoms with E-state index < -0.39 is 21.5 Å². The van der Waals surface area contributed by atoms with E-state index in [-0.39, 0.29) is 4.90 Å². The summed E-state index contributed by atoms with van der Waals surface area (Å²) in [4.78, 5) is 11.4. The first-order valence-corrected chi connectivity index (χ1v) is 8.17. The number of carbonyl (C=O) groups is 1. The molecule has 2 rings (SSSR count). The summed E-state index contributed by atoms with van der Waals surface area (Å²) in [5, 5.41) is 9.30. The molecule has 0 aromatic heterocycles. The van der Waals surface area contributed by atoms with Crippen LogP contribution in [-0.4, -0.2) is 25.0 Å². The van der Waals surface area contributed by atoms with Crippen LogP contribution < -0.4 is 4.72 Å². The number of halogens is 1. The summed E-state index contributed by atoms with van der Waals surface area (Å²) >= 11 is 3.17. The van der Waals surface area contributed by atoms with Crippen molar-refractivity contribution in [2.24, 2.45) is 0 Å². The highest BCUT2D eigenvalue weighted by Gasteiger charge is 2.44. The molecule has 2 N–H and O–H groups in total. The van der Waals surface area contributed by atoms with Crippen LogP contribution in [0.2, 0.25) is 0 Å². The summed E-state index contributed by atoms with van der Waals surface area (Å²) < 4.78 is 27.4. The van der Waals surface area contributed by atoms with Crippen LogP contribution in [0, 0.1) is 0 Å². The topological polar surface area (TPSA) is 83.5 Å². The molecule has 1 aromatic carbocycles. The van der Waals surface area contributed by atoms with Crippen LogP contribution in [0.5, 0.6) is 0 Å². The van der Waals surface area contributed by atoms with E-state index in [2.05, 4.69) is 20.7 Å². The highest BCUT2D eigenvalue weighted by atomic mass is 79.9. The largest absolute Gasteiger partial charge is 0.480 e. The predicted molar refractivity (Wildman–Crippen MR) is 73.3 cm³/mol. The van der Waals surface area contributed by atoms with Gasteiger partial charge in [-0.05, 0) is 40.9 Å². The second kappa shape index (κ2) is 5.22. The van der Waals surface area contributed by atoms with Crippen LogP contribution in [0.15, 0.2) is 33.6 Å². The van der Waals surface area contributed by atoms with Gasteiger partial charge >= 0.3 is 5.97 Å². The van der Waals surface area contributed by atoms with Gasteiger partial charge in [0.05, 0.1) is 4.90 Å². The molecular weight excluding hydrogens is 334 g/mol. The number of hydrogen-bond donors (Lipinski definition) is 2. The maximum Gasteiger partial charge on any atom is 0.324 e. The minimum Gasteiger partial charge on any atom is -0.480 e. The highest BCUT2D eigenvalue weighted by molar-refractivity contribution is 9.10. The van der Waals surface area contributed by atoms with Crippen molar-refractivity contribution in [2.75, 3.05) is 0 Å². The van der Waals surface area contributed by atoms with E-state index in [0.717, 1.165) is 0 Å². The minimum absolute atomic E-state index is 0.0579. The summed E-state index contributed by atoms with van der Waals surface area (Å²) in [6, 6.07) is 6.35. The molecule has 1 fully saturated rings. The lowest BCUT2D eigenvalue weighted by Crippen LogP contribution is -2.52. The van der Waals surface area contributed by atoms with Gasteiger partial charge in [-0.3, -0.25) is 4.79 Å². The number of aliphatic carboxylic acids is 1. The second-order valence-corrected chi connectivity index (χ2v) is 7.14. The molecule has 104 valence electrons. The standard InChI is InChI=1S/C12H14BrNO4S/c13-9-5-1-2-6-10(9)19(17,18)14-12(11(15)16)7-3-4-8-12/h1-2,5-6,14H,3-4,7-8H2,(H,15,16). The Balaban J connectivity index is 2.36. The smallest absolute Gasteiger partial charge is 0.324 e. The normalized spacial score (nSPS) is 18.4. The Bertz CT molecular complexity index is 594. The summed E-state index contributed by atoms with van der Waals surface area (Å²) in [7, 11) is -3.86.